The lowest BCUT2D eigenvalue weighted by atomic mass is 9.96. The molecule has 15 nitrogen and oxygen atoms in total. The van der Waals surface area contributed by atoms with Crippen molar-refractivity contribution in [2.24, 2.45) is 5.11 Å². The van der Waals surface area contributed by atoms with Crippen molar-refractivity contribution in [1.82, 2.24) is 0 Å². The first-order valence-corrected chi connectivity index (χ1v) is 24.4. The Balaban J connectivity index is 1.30. The van der Waals surface area contributed by atoms with Crippen LogP contribution in [0.4, 0.5) is 0 Å². The van der Waals surface area contributed by atoms with Crippen LogP contribution in [0.1, 0.15) is 47.6 Å². The number of hydrogen-bond acceptors (Lipinski definition) is 13. The Labute approximate surface area is 426 Å². The third-order valence-corrected chi connectivity index (χ3v) is 12.0. The number of nitrogens with zero attached hydrogens (tertiary/aromatic N) is 3. The summed E-state index contributed by atoms with van der Waals surface area (Å²) >= 11 is 0. The van der Waals surface area contributed by atoms with Gasteiger partial charge in [0, 0.05) is 11.3 Å². The van der Waals surface area contributed by atoms with E-state index in [1.54, 1.807) is 31.4 Å². The maximum absolute atomic E-state index is 13.3. The molecule has 6 aromatic carbocycles. The third kappa shape index (κ3) is 17.7. The third-order valence-electron chi connectivity index (χ3n) is 12.0. The van der Waals surface area contributed by atoms with Crippen molar-refractivity contribution in [3.05, 3.63) is 214 Å². The van der Waals surface area contributed by atoms with Crippen molar-refractivity contribution in [2.75, 3.05) is 26.9 Å². The second-order valence-corrected chi connectivity index (χ2v) is 17.4. The van der Waals surface area contributed by atoms with Gasteiger partial charge in [-0.15, -0.1) is 0 Å². The molecule has 8 atom stereocenters. The Hall–Kier alpha value is -6.91. The maximum Gasteiger partial charge on any atom is 0.306 e. The van der Waals surface area contributed by atoms with Gasteiger partial charge in [0.2, 0.25) is 0 Å². The topological polar surface area (TPSA) is 175 Å². The highest BCUT2D eigenvalue weighted by Gasteiger charge is 2.50. The number of Topliss-reactive ketones (excluding diaryl/α,β-unsaturated/α-hetero) is 1. The molecule has 0 radical (unpaired) electrons. The first kappa shape index (κ1) is 53.9. The van der Waals surface area contributed by atoms with E-state index in [1.807, 2.05) is 152 Å². The molecular formula is C58H63N3O12. The van der Waals surface area contributed by atoms with E-state index in [2.05, 4.69) is 10.0 Å². The number of benzene rings is 6. The number of esters is 1. The Bertz CT molecular complexity index is 2560. The first-order chi connectivity index (χ1) is 35.8. The summed E-state index contributed by atoms with van der Waals surface area (Å²) in [5, 5.41) is 4.35. The van der Waals surface area contributed by atoms with E-state index in [0.29, 0.717) is 11.5 Å². The standard InChI is InChI=1S/C58H63N3O12/c1-42(62)28-33-53(63)69-41-51(68-36-45-22-12-5-13-23-45)55(50(67-35-44-20-10-4-11-21-44)40-66-49-31-29-48(64-2)30-32-49)73-58-54(60-61-59)57(71-38-47-26-16-7-17-27-47)56(70-37-46-24-14-6-15-25-46)52(72-58)39-65-34-43-18-8-3-9-19-43/h3-27,29-32,50-52,54-58H,28,33-41H2,1-2H3/t50?,51?,52-,54-,55?,56-,57-,58+/m1/s1. The van der Waals surface area contributed by atoms with Crippen LogP contribution in [0.25, 0.3) is 10.4 Å². The predicted octanol–water partition coefficient (Wildman–Crippen LogP) is 10.3. The summed E-state index contributed by atoms with van der Waals surface area (Å²) in [7, 11) is 1.58. The number of carbonyl (C=O) groups excluding carboxylic acids is 2. The van der Waals surface area contributed by atoms with Crippen molar-refractivity contribution >= 4 is 11.8 Å². The number of rotatable bonds is 30. The van der Waals surface area contributed by atoms with Gasteiger partial charge in [0.1, 0.15) is 73.2 Å². The van der Waals surface area contributed by atoms with Crippen LogP contribution in [0.3, 0.4) is 0 Å². The molecule has 1 aliphatic rings. The SMILES string of the molecule is COc1ccc(OCC(OCc2ccccc2)C(O[C@@H]2O[C@H](COCc3ccccc3)[C@@H](OCc3ccccc3)[C@H](OCc3ccccc3)[C@H]2N=[N+]=[N-])C(COC(=O)CCC(C)=O)OCc2ccccc2)cc1. The smallest absolute Gasteiger partial charge is 0.306 e. The van der Waals surface area contributed by atoms with Gasteiger partial charge in [0.05, 0.1) is 53.2 Å². The summed E-state index contributed by atoms with van der Waals surface area (Å²) in [5.41, 5.74) is 14.8. The molecule has 0 bridgehead atoms. The molecule has 6 aromatic rings. The van der Waals surface area contributed by atoms with E-state index in [0.717, 1.165) is 27.8 Å². The number of azide groups is 1. The average Bonchev–Trinajstić information content (AvgIpc) is 3.43. The molecule has 382 valence electrons. The van der Waals surface area contributed by atoms with Gasteiger partial charge in [-0.05, 0) is 64.5 Å². The molecule has 15 heteroatoms. The minimum atomic E-state index is -1.37. The zero-order chi connectivity index (χ0) is 50.9. The Morgan fingerprint density at radius 2 is 1.05 bits per heavy atom. The van der Waals surface area contributed by atoms with Crippen LogP contribution >= 0.6 is 0 Å². The van der Waals surface area contributed by atoms with Crippen LogP contribution in [-0.4, -0.2) is 87.6 Å². The number of methoxy groups -OCH3 is 1. The highest BCUT2D eigenvalue weighted by Crippen LogP contribution is 2.34. The van der Waals surface area contributed by atoms with Gasteiger partial charge in [-0.2, -0.15) is 0 Å². The van der Waals surface area contributed by atoms with Gasteiger partial charge in [-0.3, -0.25) is 4.79 Å². The minimum absolute atomic E-state index is 0.00217. The quantitative estimate of drug-likeness (QED) is 0.0181. The fraction of sp³-hybridized carbons (Fsp3) is 0.345. The summed E-state index contributed by atoms with van der Waals surface area (Å²) in [6.07, 6.45) is -7.46. The van der Waals surface area contributed by atoms with E-state index in [-0.39, 0.29) is 71.5 Å². The molecule has 1 saturated heterocycles. The van der Waals surface area contributed by atoms with Crippen molar-refractivity contribution in [1.29, 1.82) is 0 Å². The molecule has 0 spiro atoms. The largest absolute Gasteiger partial charge is 0.497 e. The summed E-state index contributed by atoms with van der Waals surface area (Å²) in [4.78, 5) is 28.6. The predicted molar refractivity (Wildman–Crippen MR) is 272 cm³/mol. The molecular weight excluding hydrogens is 931 g/mol. The lowest BCUT2D eigenvalue weighted by molar-refractivity contribution is -0.314. The van der Waals surface area contributed by atoms with Crippen molar-refractivity contribution in [3.63, 3.8) is 0 Å². The Kier molecular flexibility index (Phi) is 21.8. The van der Waals surface area contributed by atoms with Gasteiger partial charge in [0.15, 0.2) is 6.29 Å². The van der Waals surface area contributed by atoms with Gasteiger partial charge >= 0.3 is 5.97 Å². The Morgan fingerprint density at radius 3 is 1.55 bits per heavy atom. The fourth-order valence-corrected chi connectivity index (χ4v) is 8.09. The van der Waals surface area contributed by atoms with Crippen LogP contribution in [0.2, 0.25) is 0 Å². The van der Waals surface area contributed by atoms with Crippen LogP contribution in [0.15, 0.2) is 181 Å². The molecule has 0 N–H and O–H groups in total. The molecule has 0 aliphatic carbocycles. The monoisotopic (exact) mass is 993 g/mol. The number of hydrogen-bond donors (Lipinski definition) is 0. The number of carbonyl (C=O) groups is 2. The van der Waals surface area contributed by atoms with E-state index < -0.39 is 54.9 Å². The summed E-state index contributed by atoms with van der Waals surface area (Å²) < 4.78 is 65.5. The van der Waals surface area contributed by atoms with Crippen molar-refractivity contribution < 1.29 is 57.0 Å². The molecule has 1 heterocycles. The molecule has 0 amide bonds. The first-order valence-electron chi connectivity index (χ1n) is 24.4. The van der Waals surface area contributed by atoms with E-state index >= 15 is 0 Å². The van der Waals surface area contributed by atoms with E-state index in [1.165, 1.54) is 6.92 Å². The lowest BCUT2D eigenvalue weighted by Gasteiger charge is -2.46. The molecule has 7 rings (SSSR count). The van der Waals surface area contributed by atoms with Crippen LogP contribution in [-0.2, 0) is 80.5 Å². The van der Waals surface area contributed by atoms with Crippen LogP contribution in [0, 0.1) is 0 Å². The molecule has 73 heavy (non-hydrogen) atoms. The molecule has 1 fully saturated rings. The average molecular weight is 994 g/mol. The highest BCUT2D eigenvalue weighted by atomic mass is 16.7. The van der Waals surface area contributed by atoms with Crippen LogP contribution in [0.5, 0.6) is 11.5 Å². The van der Waals surface area contributed by atoms with Gasteiger partial charge < -0.3 is 52.2 Å². The second-order valence-electron chi connectivity index (χ2n) is 17.4. The fourth-order valence-electron chi connectivity index (χ4n) is 8.09. The summed E-state index contributed by atoms with van der Waals surface area (Å²) in [6, 6.07) is 54.1. The molecule has 3 unspecified atom stereocenters. The molecule has 0 aromatic heterocycles. The second kappa shape index (κ2) is 29.6. The number of ether oxygens (including phenoxy) is 10. The van der Waals surface area contributed by atoms with E-state index in [4.69, 9.17) is 47.4 Å². The zero-order valence-electron chi connectivity index (χ0n) is 41.2. The van der Waals surface area contributed by atoms with Gasteiger partial charge in [0.25, 0.3) is 0 Å². The lowest BCUT2D eigenvalue weighted by Crippen LogP contribution is -2.62. The van der Waals surface area contributed by atoms with Gasteiger partial charge in [-0.25, -0.2) is 0 Å². The summed E-state index contributed by atoms with van der Waals surface area (Å²) in [6.45, 7) is 1.74. The number of ketones is 1. The summed E-state index contributed by atoms with van der Waals surface area (Å²) in [5.74, 6) is 0.385. The Morgan fingerprint density at radius 1 is 0.589 bits per heavy atom. The molecule has 1 aliphatic heterocycles. The van der Waals surface area contributed by atoms with Gasteiger partial charge in [-0.1, -0.05) is 157 Å². The van der Waals surface area contributed by atoms with Crippen LogP contribution < -0.4 is 9.47 Å². The normalized spacial score (nSPS) is 18.6. The zero-order valence-corrected chi connectivity index (χ0v) is 41.2. The molecule has 0 saturated carbocycles. The van der Waals surface area contributed by atoms with E-state index in [9.17, 15) is 15.1 Å². The van der Waals surface area contributed by atoms with Crippen molar-refractivity contribution in [2.45, 2.75) is 102 Å². The van der Waals surface area contributed by atoms with Crippen molar-refractivity contribution in [3.8, 4) is 11.5 Å². The minimum Gasteiger partial charge on any atom is -0.497 e. The highest BCUT2D eigenvalue weighted by molar-refractivity contribution is 5.81. The maximum atomic E-state index is 13.3.